The number of nitrogens with one attached hydrogen (secondary N) is 1. The lowest BCUT2D eigenvalue weighted by Gasteiger charge is -2.05. The second kappa shape index (κ2) is 9.72. The summed E-state index contributed by atoms with van der Waals surface area (Å²) in [7, 11) is 1.56. The van der Waals surface area contributed by atoms with Crippen LogP contribution in [0.15, 0.2) is 82.7 Å². The molecule has 1 N–H and O–H groups in total. The molecule has 0 unspecified atom stereocenters. The average Bonchev–Trinajstić information content (AvgIpc) is 3.15. The Morgan fingerprint density at radius 1 is 0.969 bits per heavy atom. The summed E-state index contributed by atoms with van der Waals surface area (Å²) in [5.41, 5.74) is 1.91. The van der Waals surface area contributed by atoms with Gasteiger partial charge in [0.1, 0.15) is 11.5 Å². The summed E-state index contributed by atoms with van der Waals surface area (Å²) in [6.45, 7) is 0. The van der Waals surface area contributed by atoms with Crippen LogP contribution in [0.4, 0.5) is 5.69 Å². The van der Waals surface area contributed by atoms with E-state index in [1.807, 2.05) is 0 Å². The largest absolute Gasteiger partial charge is 0.497 e. The Balaban J connectivity index is 1.41. The average molecular weight is 465 g/mol. The van der Waals surface area contributed by atoms with Gasteiger partial charge in [-0.25, -0.2) is 9.79 Å². The fraction of sp³-hybridized carbons (Fsp3) is 0.0417. The van der Waals surface area contributed by atoms with Gasteiger partial charge in [0.2, 0.25) is 0 Å². The maximum Gasteiger partial charge on any atom is 0.343 e. The van der Waals surface area contributed by atoms with Gasteiger partial charge in [-0.15, -0.1) is 0 Å². The number of carbonyl (C=O) groups is 2. The van der Waals surface area contributed by atoms with Crippen LogP contribution in [0.5, 0.6) is 11.5 Å². The topological polar surface area (TPSA) is 77.0 Å². The number of amidine groups is 1. The van der Waals surface area contributed by atoms with Crippen LogP contribution in [0.25, 0.3) is 6.08 Å². The summed E-state index contributed by atoms with van der Waals surface area (Å²) in [5.74, 6) is 0.376. The molecule has 0 saturated carbocycles. The van der Waals surface area contributed by atoms with E-state index in [4.69, 9.17) is 21.1 Å². The van der Waals surface area contributed by atoms with E-state index in [2.05, 4.69) is 10.3 Å². The Labute approximate surface area is 193 Å². The van der Waals surface area contributed by atoms with Gasteiger partial charge in [-0.3, -0.25) is 4.79 Å². The van der Waals surface area contributed by atoms with Crippen LogP contribution in [-0.2, 0) is 4.79 Å². The zero-order chi connectivity index (χ0) is 22.5. The first-order valence-electron chi connectivity index (χ1n) is 9.51. The first-order valence-corrected chi connectivity index (χ1v) is 10.7. The molecular formula is C24H17ClN2O4S. The summed E-state index contributed by atoms with van der Waals surface area (Å²) in [6.07, 6.45) is 1.75. The molecule has 32 heavy (non-hydrogen) atoms. The van der Waals surface area contributed by atoms with Gasteiger partial charge in [0.25, 0.3) is 5.91 Å². The lowest BCUT2D eigenvalue weighted by atomic mass is 10.2. The summed E-state index contributed by atoms with van der Waals surface area (Å²) in [4.78, 5) is 29.5. The minimum atomic E-state index is -0.465. The molecule has 1 aliphatic rings. The van der Waals surface area contributed by atoms with E-state index < -0.39 is 5.97 Å². The van der Waals surface area contributed by atoms with E-state index in [0.717, 1.165) is 5.56 Å². The molecule has 3 aromatic carbocycles. The first kappa shape index (κ1) is 21.7. The van der Waals surface area contributed by atoms with Crippen LogP contribution in [0.2, 0.25) is 5.02 Å². The molecule has 6 nitrogen and oxygen atoms in total. The fourth-order valence-corrected chi connectivity index (χ4v) is 3.76. The summed E-state index contributed by atoms with van der Waals surface area (Å²) < 4.78 is 10.5. The molecule has 4 rings (SSSR count). The number of hydrogen-bond donors (Lipinski definition) is 1. The molecule has 1 saturated heterocycles. The summed E-state index contributed by atoms with van der Waals surface area (Å²) in [6, 6.07) is 20.6. The van der Waals surface area contributed by atoms with Gasteiger partial charge in [0, 0.05) is 5.02 Å². The highest BCUT2D eigenvalue weighted by atomic mass is 35.5. The van der Waals surface area contributed by atoms with Crippen molar-refractivity contribution in [3.05, 3.63) is 93.9 Å². The number of aliphatic imine (C=N–C) groups is 1. The molecule has 8 heteroatoms. The van der Waals surface area contributed by atoms with E-state index in [1.165, 1.54) is 11.8 Å². The number of benzene rings is 3. The van der Waals surface area contributed by atoms with Gasteiger partial charge < -0.3 is 14.8 Å². The highest BCUT2D eigenvalue weighted by Gasteiger charge is 2.23. The Morgan fingerprint density at radius 2 is 1.62 bits per heavy atom. The van der Waals surface area contributed by atoms with Crippen molar-refractivity contribution in [2.24, 2.45) is 4.99 Å². The van der Waals surface area contributed by atoms with Crippen LogP contribution in [-0.4, -0.2) is 24.2 Å². The second-order valence-electron chi connectivity index (χ2n) is 6.65. The number of carbonyl (C=O) groups excluding carboxylic acids is 2. The number of methoxy groups -OCH3 is 1. The molecule has 1 fully saturated rings. The third kappa shape index (κ3) is 5.38. The van der Waals surface area contributed by atoms with E-state index in [9.17, 15) is 9.59 Å². The normalized spacial score (nSPS) is 15.6. The molecule has 0 radical (unpaired) electrons. The standard InChI is InChI=1S/C24H17ClN2O4S/c1-30-19-12-4-16(5-13-19)23(29)31-20-10-2-15(3-11-20)14-21-22(28)27-24(32-21)26-18-8-6-17(25)7-9-18/h2-14H,1H3,(H,26,27,28)/b21-14-. The summed E-state index contributed by atoms with van der Waals surface area (Å²) >= 11 is 7.13. The van der Waals surface area contributed by atoms with Crippen LogP contribution in [0.1, 0.15) is 15.9 Å². The van der Waals surface area contributed by atoms with Crippen LogP contribution in [0.3, 0.4) is 0 Å². The second-order valence-corrected chi connectivity index (χ2v) is 8.11. The minimum Gasteiger partial charge on any atom is -0.497 e. The lowest BCUT2D eigenvalue weighted by molar-refractivity contribution is -0.115. The Morgan fingerprint density at radius 3 is 2.28 bits per heavy atom. The van der Waals surface area contributed by atoms with Crippen molar-refractivity contribution in [1.82, 2.24) is 5.32 Å². The van der Waals surface area contributed by atoms with Gasteiger partial charge in [0.15, 0.2) is 5.17 Å². The van der Waals surface area contributed by atoms with E-state index in [1.54, 1.807) is 86.0 Å². The number of esters is 1. The fourth-order valence-electron chi connectivity index (χ4n) is 2.79. The van der Waals surface area contributed by atoms with Crippen molar-refractivity contribution in [2.45, 2.75) is 0 Å². The molecule has 1 heterocycles. The number of nitrogens with zero attached hydrogens (tertiary/aromatic N) is 1. The monoisotopic (exact) mass is 464 g/mol. The minimum absolute atomic E-state index is 0.224. The van der Waals surface area contributed by atoms with Crippen molar-refractivity contribution < 1.29 is 19.1 Å². The summed E-state index contributed by atoms with van der Waals surface area (Å²) in [5, 5.41) is 3.86. The molecule has 0 aliphatic carbocycles. The molecule has 0 bridgehead atoms. The number of thioether (sulfide) groups is 1. The lowest BCUT2D eigenvalue weighted by Crippen LogP contribution is -2.19. The predicted molar refractivity (Wildman–Crippen MR) is 127 cm³/mol. The van der Waals surface area contributed by atoms with Crippen molar-refractivity contribution in [3.63, 3.8) is 0 Å². The third-order valence-electron chi connectivity index (χ3n) is 4.42. The van der Waals surface area contributed by atoms with E-state index in [-0.39, 0.29) is 5.91 Å². The molecule has 1 amide bonds. The van der Waals surface area contributed by atoms with Gasteiger partial charge in [-0.05, 0) is 84.1 Å². The molecular weight excluding hydrogens is 448 g/mol. The highest BCUT2D eigenvalue weighted by Crippen LogP contribution is 2.29. The third-order valence-corrected chi connectivity index (χ3v) is 5.58. The molecule has 0 atom stereocenters. The quantitative estimate of drug-likeness (QED) is 0.308. The molecule has 0 aromatic heterocycles. The van der Waals surface area contributed by atoms with Crippen LogP contribution >= 0.6 is 23.4 Å². The van der Waals surface area contributed by atoms with E-state index >= 15 is 0 Å². The van der Waals surface area contributed by atoms with Gasteiger partial charge in [-0.2, -0.15) is 0 Å². The SMILES string of the molecule is COc1ccc(C(=O)Oc2ccc(/C=C3\SC(=Nc4ccc(Cl)cc4)NC3=O)cc2)cc1. The van der Waals surface area contributed by atoms with Gasteiger partial charge in [-0.1, -0.05) is 23.7 Å². The molecule has 1 aliphatic heterocycles. The zero-order valence-electron chi connectivity index (χ0n) is 16.9. The Kier molecular flexibility index (Phi) is 6.58. The maximum absolute atomic E-state index is 12.3. The number of ether oxygens (including phenoxy) is 2. The number of halogens is 1. The molecule has 0 spiro atoms. The zero-order valence-corrected chi connectivity index (χ0v) is 18.4. The van der Waals surface area contributed by atoms with Gasteiger partial charge >= 0.3 is 5.97 Å². The number of amides is 1. The molecule has 160 valence electrons. The van der Waals surface area contributed by atoms with Crippen LogP contribution in [0, 0.1) is 0 Å². The smallest absolute Gasteiger partial charge is 0.343 e. The highest BCUT2D eigenvalue weighted by molar-refractivity contribution is 8.18. The van der Waals surface area contributed by atoms with Crippen molar-refractivity contribution in [2.75, 3.05) is 7.11 Å². The first-order chi connectivity index (χ1) is 15.5. The van der Waals surface area contributed by atoms with Gasteiger partial charge in [0.05, 0.1) is 23.3 Å². The Bertz CT molecular complexity index is 1200. The number of hydrogen-bond acceptors (Lipinski definition) is 6. The van der Waals surface area contributed by atoms with Crippen molar-refractivity contribution in [1.29, 1.82) is 0 Å². The Hall–Kier alpha value is -3.55. The molecule has 3 aromatic rings. The van der Waals surface area contributed by atoms with Crippen LogP contribution < -0.4 is 14.8 Å². The number of rotatable bonds is 5. The van der Waals surface area contributed by atoms with Crippen molar-refractivity contribution >= 4 is 52.2 Å². The van der Waals surface area contributed by atoms with Crippen molar-refractivity contribution in [3.8, 4) is 11.5 Å². The van der Waals surface area contributed by atoms with E-state index in [0.29, 0.717) is 37.8 Å². The predicted octanol–water partition coefficient (Wildman–Crippen LogP) is 5.46. The maximum atomic E-state index is 12.3.